The highest BCUT2D eigenvalue weighted by Gasteiger charge is 2.40. The standard InChI is InChI=1S/C18H20FN3O3/c19-14-4-1-3-13(11-14)17-15(18(24)25)5-6-16(23)22(17)9-2-8-21-10-7-20-12-21/h1,3-4,7,10-12,15,17H,2,5-6,8-9H2,(H,24,25). The number of amides is 1. The summed E-state index contributed by atoms with van der Waals surface area (Å²) in [5.74, 6) is -2.20. The maximum atomic E-state index is 13.7. The number of aromatic nitrogens is 2. The van der Waals surface area contributed by atoms with Crippen LogP contribution in [0.1, 0.15) is 30.9 Å². The Labute approximate surface area is 144 Å². The summed E-state index contributed by atoms with van der Waals surface area (Å²) in [6.07, 6.45) is 6.35. The molecule has 2 heterocycles. The Bertz CT molecular complexity index is 748. The van der Waals surface area contributed by atoms with Crippen molar-refractivity contribution in [1.29, 1.82) is 0 Å². The van der Waals surface area contributed by atoms with Gasteiger partial charge in [0.15, 0.2) is 0 Å². The van der Waals surface area contributed by atoms with E-state index in [1.165, 1.54) is 12.1 Å². The highest BCUT2D eigenvalue weighted by atomic mass is 19.1. The van der Waals surface area contributed by atoms with Gasteiger partial charge in [-0.2, -0.15) is 0 Å². The monoisotopic (exact) mass is 345 g/mol. The van der Waals surface area contributed by atoms with E-state index < -0.39 is 23.7 Å². The van der Waals surface area contributed by atoms with E-state index in [0.29, 0.717) is 25.1 Å². The molecule has 0 bridgehead atoms. The van der Waals surface area contributed by atoms with Gasteiger partial charge in [-0.15, -0.1) is 0 Å². The molecular weight excluding hydrogens is 325 g/mol. The molecule has 1 fully saturated rings. The molecule has 0 aliphatic carbocycles. The summed E-state index contributed by atoms with van der Waals surface area (Å²) in [5, 5.41) is 9.57. The molecule has 1 aliphatic heterocycles. The lowest BCUT2D eigenvalue weighted by Gasteiger charge is -2.40. The van der Waals surface area contributed by atoms with Crippen LogP contribution < -0.4 is 0 Å². The maximum Gasteiger partial charge on any atom is 0.308 e. The molecule has 1 N–H and O–H groups in total. The molecule has 0 spiro atoms. The third kappa shape index (κ3) is 3.87. The van der Waals surface area contributed by atoms with Gasteiger partial charge in [0.2, 0.25) is 5.91 Å². The number of aliphatic carboxylic acids is 1. The number of carbonyl (C=O) groups is 2. The molecule has 1 amide bonds. The summed E-state index contributed by atoms with van der Waals surface area (Å²) < 4.78 is 15.6. The van der Waals surface area contributed by atoms with Crippen molar-refractivity contribution in [2.24, 2.45) is 5.92 Å². The number of likely N-dealkylation sites (tertiary alicyclic amines) is 1. The van der Waals surface area contributed by atoms with Crippen molar-refractivity contribution in [3.8, 4) is 0 Å². The van der Waals surface area contributed by atoms with Crippen LogP contribution in [0.5, 0.6) is 0 Å². The van der Waals surface area contributed by atoms with Gasteiger partial charge >= 0.3 is 5.97 Å². The molecule has 0 saturated carbocycles. The highest BCUT2D eigenvalue weighted by molar-refractivity contribution is 5.81. The molecule has 2 atom stereocenters. The second-order valence-corrected chi connectivity index (χ2v) is 6.22. The number of benzene rings is 1. The molecule has 2 aromatic rings. The van der Waals surface area contributed by atoms with Crippen LogP contribution in [-0.4, -0.2) is 38.0 Å². The van der Waals surface area contributed by atoms with Gasteiger partial charge in [-0.3, -0.25) is 9.59 Å². The number of carbonyl (C=O) groups excluding carboxylic acids is 1. The van der Waals surface area contributed by atoms with Crippen molar-refractivity contribution in [3.05, 3.63) is 54.4 Å². The smallest absolute Gasteiger partial charge is 0.308 e. The molecule has 6 nitrogen and oxygen atoms in total. The fourth-order valence-corrected chi connectivity index (χ4v) is 3.42. The van der Waals surface area contributed by atoms with E-state index in [9.17, 15) is 19.1 Å². The Hall–Kier alpha value is -2.70. The van der Waals surface area contributed by atoms with Crippen molar-refractivity contribution in [1.82, 2.24) is 14.5 Å². The fourth-order valence-electron chi connectivity index (χ4n) is 3.42. The first kappa shape index (κ1) is 17.1. The predicted octanol–water partition coefficient (Wildman–Crippen LogP) is 2.48. The molecule has 2 unspecified atom stereocenters. The second kappa shape index (κ2) is 7.46. The SMILES string of the molecule is O=C(O)C1CCC(=O)N(CCCn2ccnc2)C1c1cccc(F)c1. The third-order valence-corrected chi connectivity index (χ3v) is 4.59. The molecule has 3 rings (SSSR count). The summed E-state index contributed by atoms with van der Waals surface area (Å²) in [7, 11) is 0. The van der Waals surface area contributed by atoms with Gasteiger partial charge in [-0.1, -0.05) is 12.1 Å². The number of nitrogens with zero attached hydrogens (tertiary/aromatic N) is 3. The molecule has 1 aliphatic rings. The van der Waals surface area contributed by atoms with Crippen LogP contribution >= 0.6 is 0 Å². The zero-order valence-electron chi connectivity index (χ0n) is 13.7. The van der Waals surface area contributed by atoms with E-state index in [2.05, 4.69) is 4.98 Å². The molecule has 1 saturated heterocycles. The molecule has 132 valence electrons. The van der Waals surface area contributed by atoms with Crippen LogP contribution in [-0.2, 0) is 16.1 Å². The zero-order valence-corrected chi connectivity index (χ0v) is 13.7. The summed E-state index contributed by atoms with van der Waals surface area (Å²) in [6.45, 7) is 1.10. The summed E-state index contributed by atoms with van der Waals surface area (Å²) in [5.41, 5.74) is 0.531. The Morgan fingerprint density at radius 3 is 2.88 bits per heavy atom. The molecule has 1 aromatic heterocycles. The minimum atomic E-state index is -0.957. The Morgan fingerprint density at radius 2 is 2.20 bits per heavy atom. The largest absolute Gasteiger partial charge is 0.481 e. The van der Waals surface area contributed by atoms with Gasteiger partial charge < -0.3 is 14.6 Å². The predicted molar refractivity (Wildman–Crippen MR) is 88.1 cm³/mol. The normalized spacial score (nSPS) is 20.7. The van der Waals surface area contributed by atoms with E-state index in [1.54, 1.807) is 29.6 Å². The van der Waals surface area contributed by atoms with Gasteiger partial charge in [0.05, 0.1) is 18.3 Å². The van der Waals surface area contributed by atoms with Gasteiger partial charge in [-0.25, -0.2) is 9.37 Å². The molecule has 7 heteroatoms. The number of piperidine rings is 1. The molecule has 0 radical (unpaired) electrons. The fraction of sp³-hybridized carbons (Fsp3) is 0.389. The Morgan fingerprint density at radius 1 is 1.36 bits per heavy atom. The Kier molecular flexibility index (Phi) is 5.11. The topological polar surface area (TPSA) is 75.4 Å². The number of carboxylic acid groups (broad SMARTS) is 1. The number of aryl methyl sites for hydroxylation is 1. The van der Waals surface area contributed by atoms with Crippen molar-refractivity contribution in [3.63, 3.8) is 0 Å². The first-order chi connectivity index (χ1) is 12.1. The average molecular weight is 345 g/mol. The van der Waals surface area contributed by atoms with Gasteiger partial charge in [0.1, 0.15) is 5.82 Å². The van der Waals surface area contributed by atoms with E-state index in [1.807, 2.05) is 10.8 Å². The summed E-state index contributed by atoms with van der Waals surface area (Å²) >= 11 is 0. The van der Waals surface area contributed by atoms with Crippen LogP contribution in [0.2, 0.25) is 0 Å². The molecule has 25 heavy (non-hydrogen) atoms. The third-order valence-electron chi connectivity index (χ3n) is 4.59. The zero-order chi connectivity index (χ0) is 17.8. The number of carboxylic acids is 1. The van der Waals surface area contributed by atoms with Gasteiger partial charge in [0, 0.05) is 31.9 Å². The van der Waals surface area contributed by atoms with Crippen LogP contribution in [0.25, 0.3) is 0 Å². The van der Waals surface area contributed by atoms with Crippen molar-refractivity contribution >= 4 is 11.9 Å². The van der Waals surface area contributed by atoms with Crippen molar-refractivity contribution in [2.45, 2.75) is 31.8 Å². The van der Waals surface area contributed by atoms with Gasteiger partial charge in [-0.05, 0) is 30.5 Å². The molecular formula is C18H20FN3O3. The second-order valence-electron chi connectivity index (χ2n) is 6.22. The quantitative estimate of drug-likeness (QED) is 0.873. The Balaban J connectivity index is 1.82. The number of hydrogen-bond donors (Lipinski definition) is 1. The van der Waals surface area contributed by atoms with E-state index >= 15 is 0 Å². The average Bonchev–Trinajstić information content (AvgIpc) is 3.09. The van der Waals surface area contributed by atoms with Crippen molar-refractivity contribution < 1.29 is 19.1 Å². The number of halogens is 1. The first-order valence-corrected chi connectivity index (χ1v) is 8.30. The van der Waals surface area contributed by atoms with E-state index in [4.69, 9.17) is 0 Å². The van der Waals surface area contributed by atoms with E-state index in [-0.39, 0.29) is 18.7 Å². The van der Waals surface area contributed by atoms with Crippen LogP contribution in [0.15, 0.2) is 43.0 Å². The minimum Gasteiger partial charge on any atom is -0.481 e. The van der Waals surface area contributed by atoms with Crippen LogP contribution in [0.3, 0.4) is 0 Å². The van der Waals surface area contributed by atoms with Crippen molar-refractivity contribution in [2.75, 3.05) is 6.54 Å². The lowest BCUT2D eigenvalue weighted by molar-refractivity contribution is -0.152. The van der Waals surface area contributed by atoms with Crippen LogP contribution in [0.4, 0.5) is 4.39 Å². The number of imidazole rings is 1. The number of rotatable bonds is 6. The van der Waals surface area contributed by atoms with E-state index in [0.717, 1.165) is 0 Å². The number of hydrogen-bond acceptors (Lipinski definition) is 3. The molecule has 1 aromatic carbocycles. The first-order valence-electron chi connectivity index (χ1n) is 8.30. The summed E-state index contributed by atoms with van der Waals surface area (Å²) in [4.78, 5) is 29.7. The highest BCUT2D eigenvalue weighted by Crippen LogP contribution is 2.37. The summed E-state index contributed by atoms with van der Waals surface area (Å²) in [6, 6.07) is 5.23. The lowest BCUT2D eigenvalue weighted by atomic mass is 9.84. The maximum absolute atomic E-state index is 13.7. The van der Waals surface area contributed by atoms with Gasteiger partial charge in [0.25, 0.3) is 0 Å². The minimum absolute atomic E-state index is 0.0857. The van der Waals surface area contributed by atoms with Crippen LogP contribution in [0, 0.1) is 11.7 Å². The lowest BCUT2D eigenvalue weighted by Crippen LogP contribution is -2.45.